The third-order valence-corrected chi connectivity index (χ3v) is 6.93. The van der Waals surface area contributed by atoms with E-state index in [4.69, 9.17) is 19.4 Å². The molecule has 7 heteroatoms. The molecule has 0 spiro atoms. The van der Waals surface area contributed by atoms with Crippen molar-refractivity contribution in [3.05, 3.63) is 114 Å². The van der Waals surface area contributed by atoms with Crippen LogP contribution in [0.5, 0.6) is 11.5 Å². The number of hydrogen-bond donors (Lipinski definition) is 2. The SMILES string of the molecule is Cc1ccc(C(=O)Nc2ccc3nc(-c4cccc5ccccc45)nc(Nc4ccc5c(c4)OCO5)c3c2)cc1. The lowest BCUT2D eigenvalue weighted by Gasteiger charge is -2.14. The van der Waals surface area contributed by atoms with Crippen molar-refractivity contribution in [3.8, 4) is 22.9 Å². The van der Waals surface area contributed by atoms with Crippen LogP contribution in [0, 0.1) is 6.92 Å². The van der Waals surface area contributed by atoms with Gasteiger partial charge in [0.1, 0.15) is 5.82 Å². The largest absolute Gasteiger partial charge is 0.454 e. The van der Waals surface area contributed by atoms with Gasteiger partial charge in [0.05, 0.1) is 5.52 Å². The van der Waals surface area contributed by atoms with E-state index in [0.29, 0.717) is 34.4 Å². The maximum Gasteiger partial charge on any atom is 0.255 e. The number of ether oxygens (including phenoxy) is 2. The molecule has 0 saturated carbocycles. The molecule has 5 aromatic carbocycles. The number of fused-ring (bicyclic) bond motifs is 3. The molecule has 1 amide bonds. The Morgan fingerprint density at radius 1 is 0.750 bits per heavy atom. The van der Waals surface area contributed by atoms with E-state index in [0.717, 1.165) is 38.5 Å². The smallest absolute Gasteiger partial charge is 0.255 e. The number of nitrogens with one attached hydrogen (secondary N) is 2. The average molecular weight is 525 g/mol. The summed E-state index contributed by atoms with van der Waals surface area (Å²) in [6.45, 7) is 2.19. The number of aryl methyl sites for hydroxylation is 1. The number of rotatable bonds is 5. The maximum atomic E-state index is 12.9. The molecule has 0 aliphatic carbocycles. The predicted molar refractivity (Wildman–Crippen MR) is 157 cm³/mol. The van der Waals surface area contributed by atoms with Gasteiger partial charge < -0.3 is 20.1 Å². The van der Waals surface area contributed by atoms with Gasteiger partial charge in [0.15, 0.2) is 17.3 Å². The van der Waals surface area contributed by atoms with Gasteiger partial charge in [-0.05, 0) is 60.2 Å². The van der Waals surface area contributed by atoms with Crippen molar-refractivity contribution < 1.29 is 14.3 Å². The zero-order valence-electron chi connectivity index (χ0n) is 21.6. The van der Waals surface area contributed by atoms with E-state index < -0.39 is 0 Å². The highest BCUT2D eigenvalue weighted by Gasteiger charge is 2.17. The molecule has 1 aliphatic rings. The molecule has 0 bridgehead atoms. The summed E-state index contributed by atoms with van der Waals surface area (Å²) in [6.07, 6.45) is 0. The first-order valence-corrected chi connectivity index (χ1v) is 13.0. The summed E-state index contributed by atoms with van der Waals surface area (Å²) in [5, 5.41) is 9.41. The number of hydrogen-bond acceptors (Lipinski definition) is 6. The molecule has 7 nitrogen and oxygen atoms in total. The van der Waals surface area contributed by atoms with E-state index in [1.807, 2.05) is 91.9 Å². The number of benzene rings is 5. The molecule has 40 heavy (non-hydrogen) atoms. The van der Waals surface area contributed by atoms with Gasteiger partial charge in [-0.3, -0.25) is 4.79 Å². The molecular weight excluding hydrogens is 500 g/mol. The Hall–Kier alpha value is -5.43. The third kappa shape index (κ3) is 4.43. The summed E-state index contributed by atoms with van der Waals surface area (Å²) in [7, 11) is 0. The van der Waals surface area contributed by atoms with Crippen molar-refractivity contribution in [3.63, 3.8) is 0 Å². The van der Waals surface area contributed by atoms with Crippen LogP contribution in [0.3, 0.4) is 0 Å². The van der Waals surface area contributed by atoms with Gasteiger partial charge in [0.25, 0.3) is 5.91 Å². The first kappa shape index (κ1) is 23.7. The van der Waals surface area contributed by atoms with Crippen molar-refractivity contribution in [1.82, 2.24) is 9.97 Å². The van der Waals surface area contributed by atoms with E-state index in [2.05, 4.69) is 28.8 Å². The molecule has 1 aromatic heterocycles. The second-order valence-corrected chi connectivity index (χ2v) is 9.67. The fourth-order valence-corrected chi connectivity index (χ4v) is 4.86. The number of amides is 1. The summed E-state index contributed by atoms with van der Waals surface area (Å²) in [5.74, 6) is 2.40. The summed E-state index contributed by atoms with van der Waals surface area (Å²) < 4.78 is 11.0. The van der Waals surface area contributed by atoms with Crippen molar-refractivity contribution in [1.29, 1.82) is 0 Å². The number of carbonyl (C=O) groups is 1. The predicted octanol–water partition coefficient (Wildman–Crippen LogP) is 7.48. The average Bonchev–Trinajstić information content (AvgIpc) is 3.45. The minimum atomic E-state index is -0.182. The second kappa shape index (κ2) is 9.71. The highest BCUT2D eigenvalue weighted by atomic mass is 16.7. The standard InChI is InChI=1S/C33H24N4O3/c1-20-9-11-22(12-10-20)33(38)35-23-13-15-28-27(17-23)32(34-24-14-16-29-30(18-24)40-19-39-29)37-31(36-28)26-8-4-6-21-5-2-3-7-25(21)26/h2-18H,19H2,1H3,(H,35,38)(H,34,36,37). The zero-order chi connectivity index (χ0) is 27.1. The molecule has 194 valence electrons. The maximum absolute atomic E-state index is 12.9. The highest BCUT2D eigenvalue weighted by molar-refractivity contribution is 6.06. The highest BCUT2D eigenvalue weighted by Crippen LogP contribution is 2.37. The molecule has 2 N–H and O–H groups in total. The molecule has 7 rings (SSSR count). The summed E-state index contributed by atoms with van der Waals surface area (Å²) in [6, 6.07) is 33.1. The molecule has 2 heterocycles. The number of aromatic nitrogens is 2. The summed E-state index contributed by atoms with van der Waals surface area (Å²) in [4.78, 5) is 22.9. The van der Waals surface area contributed by atoms with Crippen LogP contribution < -0.4 is 20.1 Å². The van der Waals surface area contributed by atoms with E-state index in [1.54, 1.807) is 0 Å². The topological polar surface area (TPSA) is 85.4 Å². The van der Waals surface area contributed by atoms with Gasteiger partial charge in [-0.2, -0.15) is 0 Å². The van der Waals surface area contributed by atoms with Crippen LogP contribution in [0.25, 0.3) is 33.1 Å². The van der Waals surface area contributed by atoms with E-state index >= 15 is 0 Å². The molecule has 0 atom stereocenters. The Morgan fingerprint density at radius 2 is 1.55 bits per heavy atom. The Bertz CT molecular complexity index is 1910. The first-order chi connectivity index (χ1) is 19.6. The van der Waals surface area contributed by atoms with Crippen LogP contribution in [-0.4, -0.2) is 22.7 Å². The fourth-order valence-electron chi connectivity index (χ4n) is 4.86. The molecule has 0 fully saturated rings. The molecule has 0 radical (unpaired) electrons. The van der Waals surface area contributed by atoms with Gasteiger partial charge in [0.2, 0.25) is 6.79 Å². The normalized spacial score (nSPS) is 12.0. The van der Waals surface area contributed by atoms with Crippen molar-refractivity contribution in [2.75, 3.05) is 17.4 Å². The minimum Gasteiger partial charge on any atom is -0.454 e. The lowest BCUT2D eigenvalue weighted by atomic mass is 10.0. The van der Waals surface area contributed by atoms with Crippen molar-refractivity contribution in [2.45, 2.75) is 6.92 Å². The fraction of sp³-hybridized carbons (Fsp3) is 0.0606. The van der Waals surface area contributed by atoms with Crippen LogP contribution in [0.15, 0.2) is 103 Å². The Balaban J connectivity index is 1.33. The van der Waals surface area contributed by atoms with Crippen molar-refractivity contribution in [2.24, 2.45) is 0 Å². The Kier molecular flexibility index (Phi) is 5.74. The van der Waals surface area contributed by atoms with E-state index in [1.165, 1.54) is 0 Å². The summed E-state index contributed by atoms with van der Waals surface area (Å²) >= 11 is 0. The molecule has 6 aromatic rings. The van der Waals surface area contributed by atoms with Gasteiger partial charge in [0, 0.05) is 34.0 Å². The third-order valence-electron chi connectivity index (χ3n) is 6.93. The van der Waals surface area contributed by atoms with Crippen LogP contribution in [-0.2, 0) is 0 Å². The second-order valence-electron chi connectivity index (χ2n) is 9.67. The number of anilines is 3. The van der Waals surface area contributed by atoms with Crippen LogP contribution in [0.1, 0.15) is 15.9 Å². The van der Waals surface area contributed by atoms with E-state index in [9.17, 15) is 4.79 Å². The summed E-state index contributed by atoms with van der Waals surface area (Å²) in [5.41, 5.74) is 4.81. The molecular formula is C33H24N4O3. The van der Waals surface area contributed by atoms with Gasteiger partial charge in [-0.1, -0.05) is 60.2 Å². The molecule has 0 unspecified atom stereocenters. The quantitative estimate of drug-likeness (QED) is 0.243. The lowest BCUT2D eigenvalue weighted by Crippen LogP contribution is -2.11. The Labute approximate surface area is 230 Å². The van der Waals surface area contributed by atoms with Crippen LogP contribution in [0.2, 0.25) is 0 Å². The van der Waals surface area contributed by atoms with Gasteiger partial charge in [-0.25, -0.2) is 9.97 Å². The monoisotopic (exact) mass is 524 g/mol. The number of nitrogens with zero attached hydrogens (tertiary/aromatic N) is 2. The van der Waals surface area contributed by atoms with Crippen molar-refractivity contribution >= 4 is 44.8 Å². The zero-order valence-corrected chi connectivity index (χ0v) is 21.6. The molecule has 0 saturated heterocycles. The Morgan fingerprint density at radius 3 is 2.45 bits per heavy atom. The first-order valence-electron chi connectivity index (χ1n) is 13.0. The van der Waals surface area contributed by atoms with Gasteiger partial charge in [-0.15, -0.1) is 0 Å². The van der Waals surface area contributed by atoms with Crippen LogP contribution >= 0.6 is 0 Å². The van der Waals surface area contributed by atoms with E-state index in [-0.39, 0.29) is 12.7 Å². The lowest BCUT2D eigenvalue weighted by molar-refractivity contribution is 0.102. The number of carbonyl (C=O) groups excluding carboxylic acids is 1. The minimum absolute atomic E-state index is 0.182. The van der Waals surface area contributed by atoms with Crippen LogP contribution in [0.4, 0.5) is 17.2 Å². The van der Waals surface area contributed by atoms with Gasteiger partial charge >= 0.3 is 0 Å². The molecule has 1 aliphatic heterocycles.